The molecule has 4 rings (SSSR count). The third-order valence-corrected chi connectivity index (χ3v) is 7.90. The Hall–Kier alpha value is -2.64. The van der Waals surface area contributed by atoms with E-state index in [2.05, 4.69) is 15.6 Å². The Morgan fingerprint density at radius 1 is 1.30 bits per heavy atom. The van der Waals surface area contributed by atoms with Crippen molar-refractivity contribution < 1.29 is 18.4 Å². The van der Waals surface area contributed by atoms with Crippen LogP contribution in [0.4, 0.5) is 13.9 Å². The molecule has 176 valence electrons. The molecule has 1 aliphatic carbocycles. The number of rotatable bonds is 5. The third kappa shape index (κ3) is 4.99. The molecule has 1 aromatic heterocycles. The molecule has 0 radical (unpaired) electrons. The van der Waals surface area contributed by atoms with Crippen LogP contribution in [0.3, 0.4) is 0 Å². The van der Waals surface area contributed by atoms with E-state index in [0.29, 0.717) is 41.0 Å². The maximum atomic E-state index is 13.6. The Balaban J connectivity index is 1.32. The monoisotopic (exact) mass is 475 g/mol. The quantitative estimate of drug-likeness (QED) is 0.686. The lowest BCUT2D eigenvalue weighted by molar-refractivity contribution is -0.131. The van der Waals surface area contributed by atoms with Crippen molar-refractivity contribution in [3.8, 4) is 6.07 Å². The van der Waals surface area contributed by atoms with Crippen molar-refractivity contribution in [1.82, 2.24) is 15.2 Å². The molecule has 10 heteroatoms. The number of hydrogen-bond acceptors (Lipinski definition) is 6. The van der Waals surface area contributed by atoms with Gasteiger partial charge in [-0.25, -0.2) is 13.8 Å². The summed E-state index contributed by atoms with van der Waals surface area (Å²) >= 11 is 1.24. The second-order valence-electron chi connectivity index (χ2n) is 9.58. The topological polar surface area (TPSA) is 98.1 Å². The Bertz CT molecular complexity index is 1110. The summed E-state index contributed by atoms with van der Waals surface area (Å²) in [5.74, 6) is -0.740. The van der Waals surface area contributed by atoms with E-state index in [1.807, 2.05) is 19.9 Å². The van der Waals surface area contributed by atoms with Gasteiger partial charge >= 0.3 is 0 Å². The number of hydrogen-bond donors (Lipinski definition) is 2. The number of benzene rings is 1. The standard InChI is InChI=1S/C23H27F2N5O2S/c1-22(20(32)29-21-28-17-4-3-14(24)10-18(17)33-21)5-7-23(2,8-6-22)27-12-19(31)30-13-15(25)9-16(30)11-26/h3-4,10,15-16,27H,5-9,12-13H2,1-2H3,(H,28,29,32)/t15-,16-,22?,23?/m0/s1. The molecule has 33 heavy (non-hydrogen) atoms. The van der Waals surface area contributed by atoms with Gasteiger partial charge in [-0.1, -0.05) is 18.3 Å². The Morgan fingerprint density at radius 3 is 2.73 bits per heavy atom. The summed E-state index contributed by atoms with van der Waals surface area (Å²) in [6.45, 7) is 3.94. The molecule has 2 N–H and O–H groups in total. The van der Waals surface area contributed by atoms with Crippen LogP contribution in [0.25, 0.3) is 10.2 Å². The van der Waals surface area contributed by atoms with Crippen LogP contribution >= 0.6 is 11.3 Å². The van der Waals surface area contributed by atoms with Crippen LogP contribution in [0.1, 0.15) is 46.0 Å². The fourth-order valence-electron chi connectivity index (χ4n) is 4.53. The summed E-state index contributed by atoms with van der Waals surface area (Å²) in [7, 11) is 0. The first kappa shape index (κ1) is 23.5. The number of thiazole rings is 1. The van der Waals surface area contributed by atoms with E-state index in [1.165, 1.54) is 28.4 Å². The molecule has 1 aromatic carbocycles. The molecule has 2 aromatic rings. The van der Waals surface area contributed by atoms with Gasteiger partial charge in [0.05, 0.1) is 29.4 Å². The van der Waals surface area contributed by atoms with Gasteiger partial charge in [-0.05, 0) is 50.8 Å². The van der Waals surface area contributed by atoms with Gasteiger partial charge < -0.3 is 15.5 Å². The fraction of sp³-hybridized carbons (Fsp3) is 0.565. The average Bonchev–Trinajstić information content (AvgIpc) is 3.36. The van der Waals surface area contributed by atoms with Gasteiger partial charge in [-0.3, -0.25) is 9.59 Å². The number of nitrogens with zero attached hydrogens (tertiary/aromatic N) is 3. The SMILES string of the molecule is CC1(NCC(=O)N2C[C@@H](F)C[C@H]2C#N)CCC(C)(C(=O)Nc2nc3ccc(F)cc3s2)CC1. The molecule has 2 fully saturated rings. The van der Waals surface area contributed by atoms with Gasteiger partial charge in [0.25, 0.3) is 0 Å². The third-order valence-electron chi connectivity index (χ3n) is 6.96. The summed E-state index contributed by atoms with van der Waals surface area (Å²) in [6.07, 6.45) is 1.51. The van der Waals surface area contributed by atoms with Crippen molar-refractivity contribution in [1.29, 1.82) is 5.26 Å². The molecule has 2 heterocycles. The number of carbonyl (C=O) groups is 2. The Morgan fingerprint density at radius 2 is 2.03 bits per heavy atom. The summed E-state index contributed by atoms with van der Waals surface area (Å²) < 4.78 is 27.7. The largest absolute Gasteiger partial charge is 0.323 e. The lowest BCUT2D eigenvalue weighted by Crippen LogP contribution is -2.53. The van der Waals surface area contributed by atoms with Crippen molar-refractivity contribution in [2.24, 2.45) is 5.41 Å². The summed E-state index contributed by atoms with van der Waals surface area (Å²) in [5.41, 5.74) is -0.279. The van der Waals surface area contributed by atoms with E-state index in [-0.39, 0.29) is 42.7 Å². The Labute approximate surface area is 195 Å². The number of alkyl halides is 1. The summed E-state index contributed by atoms with van der Waals surface area (Å²) in [4.78, 5) is 31.2. The number of likely N-dealkylation sites (tertiary alicyclic amines) is 1. The van der Waals surface area contributed by atoms with E-state index in [4.69, 9.17) is 5.26 Å². The van der Waals surface area contributed by atoms with Crippen molar-refractivity contribution in [3.63, 3.8) is 0 Å². The highest BCUT2D eigenvalue weighted by atomic mass is 32.1. The zero-order chi connectivity index (χ0) is 23.8. The molecular formula is C23H27F2N5O2S. The zero-order valence-electron chi connectivity index (χ0n) is 18.7. The molecule has 1 saturated heterocycles. The highest BCUT2D eigenvalue weighted by molar-refractivity contribution is 7.22. The van der Waals surface area contributed by atoms with Crippen molar-refractivity contribution >= 4 is 38.5 Å². The minimum atomic E-state index is -1.16. The van der Waals surface area contributed by atoms with Gasteiger partial charge in [-0.15, -0.1) is 0 Å². The first-order chi connectivity index (χ1) is 15.6. The fourth-order valence-corrected chi connectivity index (χ4v) is 5.42. The lowest BCUT2D eigenvalue weighted by atomic mass is 9.68. The molecule has 0 unspecified atom stereocenters. The number of aromatic nitrogens is 1. The molecule has 0 bridgehead atoms. The predicted molar refractivity (Wildman–Crippen MR) is 122 cm³/mol. The van der Waals surface area contributed by atoms with Gasteiger partial charge in [0.2, 0.25) is 11.8 Å². The van der Waals surface area contributed by atoms with Crippen LogP contribution in [0.5, 0.6) is 0 Å². The number of fused-ring (bicyclic) bond motifs is 1. The molecular weight excluding hydrogens is 448 g/mol. The van der Waals surface area contributed by atoms with Crippen molar-refractivity contribution in [2.45, 2.75) is 63.7 Å². The minimum Gasteiger partial charge on any atom is -0.323 e. The number of anilines is 1. The lowest BCUT2D eigenvalue weighted by Gasteiger charge is -2.42. The van der Waals surface area contributed by atoms with E-state index in [1.54, 1.807) is 6.07 Å². The van der Waals surface area contributed by atoms with Crippen LogP contribution in [-0.4, -0.2) is 52.5 Å². The van der Waals surface area contributed by atoms with Crippen LogP contribution in [0, 0.1) is 22.6 Å². The summed E-state index contributed by atoms with van der Waals surface area (Å²) in [6, 6.07) is 5.62. The highest BCUT2D eigenvalue weighted by Crippen LogP contribution is 2.41. The van der Waals surface area contributed by atoms with Crippen molar-refractivity contribution in [2.75, 3.05) is 18.4 Å². The number of carbonyl (C=O) groups excluding carboxylic acids is 2. The maximum Gasteiger partial charge on any atom is 0.237 e. The molecule has 2 amide bonds. The van der Waals surface area contributed by atoms with Gasteiger partial charge in [0.1, 0.15) is 18.0 Å². The summed E-state index contributed by atoms with van der Waals surface area (Å²) in [5, 5.41) is 15.8. The molecule has 0 spiro atoms. The van der Waals surface area contributed by atoms with Crippen LogP contribution in [0.15, 0.2) is 18.2 Å². The molecule has 1 aliphatic heterocycles. The van der Waals surface area contributed by atoms with Gasteiger partial charge in [0, 0.05) is 17.4 Å². The van der Waals surface area contributed by atoms with Crippen LogP contribution in [-0.2, 0) is 9.59 Å². The molecule has 7 nitrogen and oxygen atoms in total. The smallest absolute Gasteiger partial charge is 0.237 e. The number of halogens is 2. The molecule has 1 saturated carbocycles. The number of amides is 2. The minimum absolute atomic E-state index is 0.0343. The number of nitriles is 1. The maximum absolute atomic E-state index is 13.6. The first-order valence-electron chi connectivity index (χ1n) is 11.1. The van der Waals surface area contributed by atoms with Crippen LogP contribution < -0.4 is 10.6 Å². The first-order valence-corrected chi connectivity index (χ1v) is 11.9. The van der Waals surface area contributed by atoms with Gasteiger partial charge in [0.15, 0.2) is 5.13 Å². The molecule has 2 aliphatic rings. The van der Waals surface area contributed by atoms with E-state index in [0.717, 1.165) is 0 Å². The normalized spacial score (nSPS) is 29.7. The second kappa shape index (κ2) is 8.95. The zero-order valence-corrected chi connectivity index (χ0v) is 19.5. The van der Waals surface area contributed by atoms with Crippen molar-refractivity contribution in [3.05, 3.63) is 24.0 Å². The van der Waals surface area contributed by atoms with E-state index >= 15 is 0 Å². The number of nitrogens with one attached hydrogen (secondary N) is 2. The average molecular weight is 476 g/mol. The van der Waals surface area contributed by atoms with E-state index in [9.17, 15) is 18.4 Å². The Kier molecular flexibility index (Phi) is 6.38. The highest BCUT2D eigenvalue weighted by Gasteiger charge is 2.43. The van der Waals surface area contributed by atoms with Crippen LogP contribution in [0.2, 0.25) is 0 Å². The van der Waals surface area contributed by atoms with E-state index < -0.39 is 17.6 Å². The molecule has 2 atom stereocenters. The predicted octanol–water partition coefficient (Wildman–Crippen LogP) is 3.77. The van der Waals surface area contributed by atoms with Gasteiger partial charge in [-0.2, -0.15) is 5.26 Å². The second-order valence-corrected chi connectivity index (χ2v) is 10.6.